The van der Waals surface area contributed by atoms with Crippen molar-refractivity contribution in [3.05, 3.63) is 47.0 Å². The molecule has 1 fully saturated rings. The number of benzene rings is 1. The summed E-state index contributed by atoms with van der Waals surface area (Å²) in [7, 11) is 0. The minimum Gasteiger partial charge on any atom is -0.356 e. The van der Waals surface area contributed by atoms with Gasteiger partial charge in [0.2, 0.25) is 5.91 Å². The van der Waals surface area contributed by atoms with Gasteiger partial charge in [0.25, 0.3) is 0 Å². The van der Waals surface area contributed by atoms with Gasteiger partial charge in [-0.3, -0.25) is 4.79 Å². The van der Waals surface area contributed by atoms with Gasteiger partial charge < -0.3 is 10.6 Å². The minimum absolute atomic E-state index is 0.0265. The molecule has 0 bridgehead atoms. The molecule has 1 aliphatic heterocycles. The molecule has 0 saturated carbocycles. The van der Waals surface area contributed by atoms with Crippen molar-refractivity contribution in [1.82, 2.24) is 20.4 Å². The molecule has 140 valence electrons. The van der Waals surface area contributed by atoms with Crippen LogP contribution in [0.15, 0.2) is 24.3 Å². The number of rotatable bonds is 6. The number of nitrogens with zero attached hydrogens (tertiary/aromatic N) is 2. The van der Waals surface area contributed by atoms with Crippen LogP contribution in [0.2, 0.25) is 0 Å². The lowest BCUT2D eigenvalue weighted by atomic mass is 9.96. The summed E-state index contributed by atoms with van der Waals surface area (Å²) >= 11 is 0. The predicted molar refractivity (Wildman–Crippen MR) is 99.9 cm³/mol. The fourth-order valence-corrected chi connectivity index (χ4v) is 3.57. The summed E-state index contributed by atoms with van der Waals surface area (Å²) in [6, 6.07) is 6.21. The zero-order valence-corrected chi connectivity index (χ0v) is 15.5. The van der Waals surface area contributed by atoms with E-state index in [2.05, 4.69) is 15.7 Å². The van der Waals surface area contributed by atoms with Crippen molar-refractivity contribution in [1.29, 1.82) is 0 Å². The molecule has 1 aliphatic rings. The first kappa shape index (κ1) is 18.6. The zero-order chi connectivity index (χ0) is 18.5. The standard InChI is InChI=1S/C20H27FN4O/c1-14-19(12-20(26)23-11-9-16-4-3-10-22-13-16)15(2)25(24-14)18-7-5-17(21)6-8-18/h5-8,16,22H,3-4,9-13H2,1-2H3,(H,23,26). The van der Waals surface area contributed by atoms with E-state index in [1.807, 2.05) is 13.8 Å². The molecule has 1 unspecified atom stereocenters. The van der Waals surface area contributed by atoms with Crippen LogP contribution in [0.25, 0.3) is 5.69 Å². The smallest absolute Gasteiger partial charge is 0.224 e. The minimum atomic E-state index is -0.275. The maximum absolute atomic E-state index is 13.1. The molecule has 1 aromatic heterocycles. The Kier molecular flexibility index (Phi) is 6.04. The van der Waals surface area contributed by atoms with E-state index in [0.29, 0.717) is 12.3 Å². The van der Waals surface area contributed by atoms with Crippen LogP contribution in [0.4, 0.5) is 4.39 Å². The van der Waals surface area contributed by atoms with Crippen molar-refractivity contribution in [2.24, 2.45) is 5.92 Å². The van der Waals surface area contributed by atoms with Crippen molar-refractivity contribution >= 4 is 5.91 Å². The average molecular weight is 358 g/mol. The summed E-state index contributed by atoms with van der Waals surface area (Å²) < 4.78 is 14.9. The van der Waals surface area contributed by atoms with Gasteiger partial charge in [-0.05, 0) is 76.4 Å². The Bertz CT molecular complexity index is 748. The largest absolute Gasteiger partial charge is 0.356 e. The van der Waals surface area contributed by atoms with E-state index in [-0.39, 0.29) is 11.7 Å². The van der Waals surface area contributed by atoms with Crippen molar-refractivity contribution in [2.45, 2.75) is 39.5 Å². The Labute approximate surface area is 154 Å². The first-order valence-electron chi connectivity index (χ1n) is 9.33. The lowest BCUT2D eigenvalue weighted by Gasteiger charge is -2.22. The van der Waals surface area contributed by atoms with Gasteiger partial charge in [-0.2, -0.15) is 5.10 Å². The van der Waals surface area contributed by atoms with Crippen molar-refractivity contribution in [3.63, 3.8) is 0 Å². The maximum atomic E-state index is 13.1. The molecule has 1 aromatic carbocycles. The Morgan fingerprint density at radius 2 is 2.12 bits per heavy atom. The number of halogens is 1. The van der Waals surface area contributed by atoms with E-state index in [1.165, 1.54) is 25.0 Å². The molecule has 1 saturated heterocycles. The quantitative estimate of drug-likeness (QED) is 0.835. The molecule has 26 heavy (non-hydrogen) atoms. The molecule has 2 N–H and O–H groups in total. The number of carbonyl (C=O) groups is 1. The van der Waals surface area contributed by atoms with Gasteiger partial charge >= 0.3 is 0 Å². The molecule has 0 spiro atoms. The number of aryl methyl sites for hydroxylation is 1. The number of hydrogen-bond acceptors (Lipinski definition) is 3. The number of nitrogens with one attached hydrogen (secondary N) is 2. The fourth-order valence-electron chi connectivity index (χ4n) is 3.57. The third-order valence-corrected chi connectivity index (χ3v) is 5.12. The van der Waals surface area contributed by atoms with Crippen LogP contribution in [-0.4, -0.2) is 35.3 Å². The fraction of sp³-hybridized carbons (Fsp3) is 0.500. The van der Waals surface area contributed by atoms with E-state index < -0.39 is 0 Å². The van der Waals surface area contributed by atoms with Gasteiger partial charge in [0, 0.05) is 17.8 Å². The van der Waals surface area contributed by atoms with Crippen LogP contribution < -0.4 is 10.6 Å². The molecule has 6 heteroatoms. The Morgan fingerprint density at radius 1 is 1.35 bits per heavy atom. The van der Waals surface area contributed by atoms with E-state index in [4.69, 9.17) is 0 Å². The lowest BCUT2D eigenvalue weighted by molar-refractivity contribution is -0.120. The second-order valence-corrected chi connectivity index (χ2v) is 7.07. The number of carbonyl (C=O) groups excluding carboxylic acids is 1. The van der Waals surface area contributed by atoms with E-state index >= 15 is 0 Å². The summed E-state index contributed by atoms with van der Waals surface area (Å²) in [6.45, 7) is 6.73. The third-order valence-electron chi connectivity index (χ3n) is 5.12. The third kappa shape index (κ3) is 4.49. The molecule has 0 radical (unpaired) electrons. The van der Waals surface area contributed by atoms with Crippen LogP contribution in [-0.2, 0) is 11.2 Å². The van der Waals surface area contributed by atoms with Crippen LogP contribution in [0.3, 0.4) is 0 Å². The maximum Gasteiger partial charge on any atom is 0.224 e. The SMILES string of the molecule is Cc1nn(-c2ccc(F)cc2)c(C)c1CC(=O)NCCC1CCCNC1. The number of piperidine rings is 1. The molecule has 2 aromatic rings. The first-order chi connectivity index (χ1) is 12.5. The molecule has 3 rings (SSSR count). The van der Waals surface area contributed by atoms with Gasteiger partial charge in [0.15, 0.2) is 0 Å². The molecule has 0 aliphatic carbocycles. The highest BCUT2D eigenvalue weighted by atomic mass is 19.1. The van der Waals surface area contributed by atoms with Crippen LogP contribution in [0, 0.1) is 25.6 Å². The van der Waals surface area contributed by atoms with Gasteiger partial charge in [0.05, 0.1) is 17.8 Å². The van der Waals surface area contributed by atoms with Gasteiger partial charge in [-0.25, -0.2) is 9.07 Å². The van der Waals surface area contributed by atoms with E-state index in [1.54, 1.807) is 16.8 Å². The van der Waals surface area contributed by atoms with Crippen molar-refractivity contribution in [2.75, 3.05) is 19.6 Å². The highest BCUT2D eigenvalue weighted by Gasteiger charge is 2.17. The molecular formula is C20H27FN4O. The summed E-state index contributed by atoms with van der Waals surface area (Å²) in [5.74, 6) is 0.412. The van der Waals surface area contributed by atoms with Crippen LogP contribution in [0.5, 0.6) is 0 Å². The first-order valence-corrected chi connectivity index (χ1v) is 9.33. The highest BCUT2D eigenvalue weighted by molar-refractivity contribution is 5.79. The van der Waals surface area contributed by atoms with E-state index in [9.17, 15) is 9.18 Å². The molecule has 5 nitrogen and oxygen atoms in total. The molecule has 1 atom stereocenters. The predicted octanol–water partition coefficient (Wildman–Crippen LogP) is 2.68. The lowest BCUT2D eigenvalue weighted by Crippen LogP contribution is -2.33. The summed E-state index contributed by atoms with van der Waals surface area (Å²) in [4.78, 5) is 12.3. The number of hydrogen-bond donors (Lipinski definition) is 2. The Morgan fingerprint density at radius 3 is 2.81 bits per heavy atom. The molecule has 1 amide bonds. The number of amides is 1. The van der Waals surface area contributed by atoms with Gasteiger partial charge in [-0.1, -0.05) is 0 Å². The van der Waals surface area contributed by atoms with Crippen molar-refractivity contribution < 1.29 is 9.18 Å². The second-order valence-electron chi connectivity index (χ2n) is 7.07. The topological polar surface area (TPSA) is 59.0 Å². The van der Waals surface area contributed by atoms with Gasteiger partial charge in [-0.15, -0.1) is 0 Å². The summed E-state index contributed by atoms with van der Waals surface area (Å²) in [6.07, 6.45) is 3.80. The van der Waals surface area contributed by atoms with E-state index in [0.717, 1.165) is 48.7 Å². The normalized spacial score (nSPS) is 17.3. The molecule has 2 heterocycles. The number of aromatic nitrogens is 2. The second kappa shape index (κ2) is 8.45. The Balaban J connectivity index is 1.58. The van der Waals surface area contributed by atoms with Crippen LogP contribution >= 0.6 is 0 Å². The highest BCUT2D eigenvalue weighted by Crippen LogP contribution is 2.19. The Hall–Kier alpha value is -2.21. The molecular weight excluding hydrogens is 331 g/mol. The monoisotopic (exact) mass is 358 g/mol. The zero-order valence-electron chi connectivity index (χ0n) is 15.5. The average Bonchev–Trinajstić information content (AvgIpc) is 2.91. The summed E-state index contributed by atoms with van der Waals surface area (Å²) in [5, 5.41) is 11.0. The summed E-state index contributed by atoms with van der Waals surface area (Å²) in [5.41, 5.74) is 3.48. The van der Waals surface area contributed by atoms with Gasteiger partial charge in [0.1, 0.15) is 5.82 Å². The van der Waals surface area contributed by atoms with Crippen LogP contribution in [0.1, 0.15) is 36.2 Å². The van der Waals surface area contributed by atoms with Crippen molar-refractivity contribution in [3.8, 4) is 5.69 Å².